The van der Waals surface area contributed by atoms with Crippen LogP contribution in [0.2, 0.25) is 0 Å². The molecule has 0 fully saturated rings. The molecule has 2 aromatic rings. The lowest BCUT2D eigenvalue weighted by molar-refractivity contribution is 0.0697. The maximum absolute atomic E-state index is 11.6. The number of hydrogen-bond acceptors (Lipinski definition) is 4. The number of amides is 2. The predicted octanol–water partition coefficient (Wildman–Crippen LogP) is 2.01. The minimum atomic E-state index is -1.25. The van der Waals surface area contributed by atoms with E-state index < -0.39 is 12.0 Å². The minimum absolute atomic E-state index is 0.0900. The zero-order chi connectivity index (χ0) is 14.5. The van der Waals surface area contributed by atoms with E-state index in [2.05, 4.69) is 10.6 Å². The molecule has 7 nitrogen and oxygen atoms in total. The molecule has 0 unspecified atom stereocenters. The Morgan fingerprint density at radius 1 is 1.25 bits per heavy atom. The van der Waals surface area contributed by atoms with Crippen molar-refractivity contribution in [3.05, 3.63) is 47.9 Å². The monoisotopic (exact) mass is 276 g/mol. The summed E-state index contributed by atoms with van der Waals surface area (Å²) >= 11 is 0. The maximum atomic E-state index is 11.6. The molecular formula is C13H12N2O5. The van der Waals surface area contributed by atoms with Crippen LogP contribution in [0.5, 0.6) is 5.75 Å². The van der Waals surface area contributed by atoms with Gasteiger partial charge in [-0.15, -0.1) is 0 Å². The van der Waals surface area contributed by atoms with Crippen molar-refractivity contribution in [2.24, 2.45) is 0 Å². The van der Waals surface area contributed by atoms with Gasteiger partial charge in [-0.3, -0.25) is 0 Å². The number of carboxylic acid groups (broad SMARTS) is 1. The SMILES string of the molecule is O=C(NCc1ccco1)Nc1ccc(O)cc1C(=O)O. The number of urea groups is 1. The van der Waals surface area contributed by atoms with Gasteiger partial charge in [-0.05, 0) is 30.3 Å². The number of carbonyl (C=O) groups excluding carboxylic acids is 1. The first-order valence-corrected chi connectivity index (χ1v) is 5.70. The summed E-state index contributed by atoms with van der Waals surface area (Å²) in [5, 5.41) is 23.1. The molecule has 0 bridgehead atoms. The number of anilines is 1. The topological polar surface area (TPSA) is 112 Å². The van der Waals surface area contributed by atoms with Crippen LogP contribution in [0.4, 0.5) is 10.5 Å². The molecular weight excluding hydrogens is 264 g/mol. The first-order valence-electron chi connectivity index (χ1n) is 5.70. The molecule has 0 spiro atoms. The highest BCUT2D eigenvalue weighted by molar-refractivity contribution is 6.00. The van der Waals surface area contributed by atoms with Gasteiger partial charge >= 0.3 is 12.0 Å². The van der Waals surface area contributed by atoms with Gasteiger partial charge in [-0.1, -0.05) is 0 Å². The lowest BCUT2D eigenvalue weighted by Crippen LogP contribution is -2.28. The zero-order valence-corrected chi connectivity index (χ0v) is 10.3. The number of hydrogen-bond donors (Lipinski definition) is 4. The van der Waals surface area contributed by atoms with E-state index in [1.54, 1.807) is 12.1 Å². The summed E-state index contributed by atoms with van der Waals surface area (Å²) in [6.07, 6.45) is 1.48. The molecule has 0 atom stereocenters. The first kappa shape index (κ1) is 13.5. The second-order valence-corrected chi connectivity index (χ2v) is 3.92. The maximum Gasteiger partial charge on any atom is 0.337 e. The van der Waals surface area contributed by atoms with Crippen molar-refractivity contribution in [2.45, 2.75) is 6.54 Å². The summed E-state index contributed by atoms with van der Waals surface area (Å²) in [4.78, 5) is 22.7. The molecule has 0 radical (unpaired) electrons. The van der Waals surface area contributed by atoms with Crippen LogP contribution in [0, 0.1) is 0 Å². The molecule has 2 rings (SSSR count). The summed E-state index contributed by atoms with van der Waals surface area (Å²) in [7, 11) is 0. The smallest absolute Gasteiger partial charge is 0.337 e. The van der Waals surface area contributed by atoms with Gasteiger partial charge in [-0.2, -0.15) is 0 Å². The molecule has 2 amide bonds. The number of nitrogens with one attached hydrogen (secondary N) is 2. The number of carboxylic acids is 1. The van der Waals surface area contributed by atoms with Crippen LogP contribution in [0.15, 0.2) is 41.0 Å². The van der Waals surface area contributed by atoms with Crippen LogP contribution in [-0.2, 0) is 6.54 Å². The van der Waals surface area contributed by atoms with Crippen LogP contribution in [0.3, 0.4) is 0 Å². The molecule has 1 aromatic carbocycles. The second-order valence-electron chi connectivity index (χ2n) is 3.92. The summed E-state index contributed by atoms with van der Waals surface area (Å²) in [5.74, 6) is -0.865. The molecule has 20 heavy (non-hydrogen) atoms. The second kappa shape index (κ2) is 5.79. The van der Waals surface area contributed by atoms with Crippen LogP contribution < -0.4 is 10.6 Å². The van der Waals surface area contributed by atoms with E-state index in [9.17, 15) is 14.7 Å². The normalized spacial score (nSPS) is 10.0. The molecule has 104 valence electrons. The van der Waals surface area contributed by atoms with Gasteiger partial charge < -0.3 is 25.3 Å². The Labute approximate surface area is 113 Å². The Bertz CT molecular complexity index is 622. The molecule has 1 aromatic heterocycles. The van der Waals surface area contributed by atoms with Gasteiger partial charge in [0.05, 0.1) is 24.1 Å². The zero-order valence-electron chi connectivity index (χ0n) is 10.3. The van der Waals surface area contributed by atoms with Crippen LogP contribution in [-0.4, -0.2) is 22.2 Å². The Balaban J connectivity index is 2.02. The average Bonchev–Trinajstić information content (AvgIpc) is 2.91. The summed E-state index contributed by atoms with van der Waals surface area (Å²) in [5.41, 5.74) is -0.106. The van der Waals surface area contributed by atoms with Gasteiger partial charge in [0, 0.05) is 0 Å². The van der Waals surface area contributed by atoms with E-state index in [-0.39, 0.29) is 23.5 Å². The highest BCUT2D eigenvalue weighted by Gasteiger charge is 2.13. The third kappa shape index (κ3) is 3.29. The van der Waals surface area contributed by atoms with E-state index in [4.69, 9.17) is 9.52 Å². The Hall–Kier alpha value is -2.96. The van der Waals surface area contributed by atoms with Crippen molar-refractivity contribution in [3.8, 4) is 5.75 Å². The quantitative estimate of drug-likeness (QED) is 0.638. The van der Waals surface area contributed by atoms with E-state index in [0.29, 0.717) is 5.76 Å². The van der Waals surface area contributed by atoms with Crippen LogP contribution in [0.1, 0.15) is 16.1 Å². The van der Waals surface area contributed by atoms with Gasteiger partial charge in [0.15, 0.2) is 0 Å². The molecule has 4 N–H and O–H groups in total. The third-order valence-corrected chi connectivity index (χ3v) is 2.49. The molecule has 0 saturated heterocycles. The van der Waals surface area contributed by atoms with Crippen LogP contribution in [0.25, 0.3) is 0 Å². The van der Waals surface area contributed by atoms with Gasteiger partial charge in [0.1, 0.15) is 11.5 Å². The molecule has 0 aliphatic rings. The number of aromatic hydroxyl groups is 1. The average molecular weight is 276 g/mol. The third-order valence-electron chi connectivity index (χ3n) is 2.49. The Morgan fingerprint density at radius 2 is 2.05 bits per heavy atom. The fraction of sp³-hybridized carbons (Fsp3) is 0.0769. The molecule has 0 saturated carbocycles. The summed E-state index contributed by atoms with van der Waals surface area (Å²) < 4.78 is 5.04. The number of carbonyl (C=O) groups is 2. The standard InChI is InChI=1S/C13H12N2O5/c16-8-3-4-11(10(6-8)12(17)18)15-13(19)14-7-9-2-1-5-20-9/h1-6,16H,7H2,(H,17,18)(H2,14,15,19). The Kier molecular flexibility index (Phi) is 3.90. The number of furan rings is 1. The Morgan fingerprint density at radius 3 is 2.70 bits per heavy atom. The van der Waals surface area contributed by atoms with Crippen molar-refractivity contribution in [1.29, 1.82) is 0 Å². The van der Waals surface area contributed by atoms with Crippen molar-refractivity contribution in [2.75, 3.05) is 5.32 Å². The summed E-state index contributed by atoms with van der Waals surface area (Å²) in [6.45, 7) is 0.180. The van der Waals surface area contributed by atoms with E-state index in [1.165, 1.54) is 18.4 Å². The number of phenols is 1. The number of phenolic OH excluding ortho intramolecular Hbond substituents is 1. The van der Waals surface area contributed by atoms with Crippen molar-refractivity contribution in [3.63, 3.8) is 0 Å². The van der Waals surface area contributed by atoms with Crippen LogP contribution >= 0.6 is 0 Å². The number of rotatable bonds is 4. The van der Waals surface area contributed by atoms with Gasteiger partial charge in [-0.25, -0.2) is 9.59 Å². The lowest BCUT2D eigenvalue weighted by atomic mass is 10.1. The predicted molar refractivity (Wildman–Crippen MR) is 69.6 cm³/mol. The highest BCUT2D eigenvalue weighted by Crippen LogP contribution is 2.21. The number of benzene rings is 1. The fourth-order valence-corrected chi connectivity index (χ4v) is 1.57. The number of aromatic carboxylic acids is 1. The summed E-state index contributed by atoms with van der Waals surface area (Å²) in [6, 6.07) is 6.47. The lowest BCUT2D eigenvalue weighted by Gasteiger charge is -2.09. The molecule has 0 aliphatic carbocycles. The molecule has 0 aliphatic heterocycles. The highest BCUT2D eigenvalue weighted by atomic mass is 16.4. The minimum Gasteiger partial charge on any atom is -0.508 e. The molecule has 7 heteroatoms. The largest absolute Gasteiger partial charge is 0.508 e. The van der Waals surface area contributed by atoms with E-state index in [0.717, 1.165) is 6.07 Å². The van der Waals surface area contributed by atoms with Crippen molar-refractivity contribution < 1.29 is 24.2 Å². The van der Waals surface area contributed by atoms with Gasteiger partial charge in [0.2, 0.25) is 0 Å². The fourth-order valence-electron chi connectivity index (χ4n) is 1.57. The van der Waals surface area contributed by atoms with Gasteiger partial charge in [0.25, 0.3) is 0 Å². The first-order chi connectivity index (χ1) is 9.56. The van der Waals surface area contributed by atoms with Crippen molar-refractivity contribution in [1.82, 2.24) is 5.32 Å². The van der Waals surface area contributed by atoms with Crippen molar-refractivity contribution >= 4 is 17.7 Å². The van der Waals surface area contributed by atoms with E-state index >= 15 is 0 Å². The van der Waals surface area contributed by atoms with E-state index in [1.807, 2.05) is 0 Å². The molecule has 1 heterocycles.